The number of piperidine rings is 1. The predicted molar refractivity (Wildman–Crippen MR) is 59.6 cm³/mol. The third kappa shape index (κ3) is 3.80. The first-order valence-corrected chi connectivity index (χ1v) is 5.92. The van der Waals surface area contributed by atoms with Crippen LogP contribution in [0, 0.1) is 0 Å². The molecule has 1 heterocycles. The van der Waals surface area contributed by atoms with Crippen LogP contribution >= 0.6 is 0 Å². The maximum absolute atomic E-state index is 12.0. The monoisotopic (exact) mass is 214 g/mol. The van der Waals surface area contributed by atoms with E-state index in [4.69, 9.17) is 5.11 Å². The first kappa shape index (κ1) is 12.5. The summed E-state index contributed by atoms with van der Waals surface area (Å²) < 4.78 is 0. The zero-order valence-electron chi connectivity index (χ0n) is 9.54. The van der Waals surface area contributed by atoms with E-state index in [0.717, 1.165) is 25.9 Å². The Morgan fingerprint density at radius 1 is 1.53 bits per heavy atom. The molecular formula is C11H22N2O2. The summed E-state index contributed by atoms with van der Waals surface area (Å²) in [6.07, 6.45) is 3.94. The highest BCUT2D eigenvalue weighted by molar-refractivity contribution is 5.81. The molecule has 1 aliphatic heterocycles. The Morgan fingerprint density at radius 2 is 2.33 bits per heavy atom. The van der Waals surface area contributed by atoms with Crippen LogP contribution in [0.1, 0.15) is 32.6 Å². The van der Waals surface area contributed by atoms with Crippen molar-refractivity contribution < 1.29 is 9.90 Å². The second kappa shape index (κ2) is 6.80. The van der Waals surface area contributed by atoms with Crippen molar-refractivity contribution >= 4 is 5.91 Å². The number of hydrogen-bond donors (Lipinski definition) is 2. The summed E-state index contributed by atoms with van der Waals surface area (Å²) in [5.41, 5.74) is 0. The molecule has 0 unspecified atom stereocenters. The Balaban J connectivity index is 2.40. The SMILES string of the molecule is CCN(CCCO)C(=O)[C@H]1CCCCN1. The molecule has 1 saturated heterocycles. The summed E-state index contributed by atoms with van der Waals surface area (Å²) in [5.74, 6) is 0.200. The number of nitrogens with one attached hydrogen (secondary N) is 1. The van der Waals surface area contributed by atoms with Crippen LogP contribution in [-0.4, -0.2) is 48.2 Å². The Hall–Kier alpha value is -0.610. The average molecular weight is 214 g/mol. The average Bonchev–Trinajstić information content (AvgIpc) is 2.31. The molecule has 4 heteroatoms. The standard InChI is InChI=1S/C11H22N2O2/c1-2-13(8-5-9-14)11(15)10-6-3-4-7-12-10/h10,12,14H,2-9H2,1H3/t10-/m1/s1. The molecule has 1 fully saturated rings. The van der Waals surface area contributed by atoms with Gasteiger partial charge in [0.1, 0.15) is 0 Å². The van der Waals surface area contributed by atoms with Crippen molar-refractivity contribution in [2.75, 3.05) is 26.2 Å². The molecule has 0 spiro atoms. The van der Waals surface area contributed by atoms with Crippen LogP contribution in [0.15, 0.2) is 0 Å². The molecule has 1 rings (SSSR count). The zero-order chi connectivity index (χ0) is 11.1. The van der Waals surface area contributed by atoms with E-state index in [2.05, 4.69) is 5.32 Å². The number of aliphatic hydroxyl groups excluding tert-OH is 1. The number of likely N-dealkylation sites (N-methyl/N-ethyl adjacent to an activating group) is 1. The van der Waals surface area contributed by atoms with Gasteiger partial charge in [-0.15, -0.1) is 0 Å². The minimum atomic E-state index is 0.0115. The normalized spacial score (nSPS) is 21.3. The van der Waals surface area contributed by atoms with E-state index in [9.17, 15) is 4.79 Å². The molecule has 2 N–H and O–H groups in total. The molecule has 4 nitrogen and oxygen atoms in total. The third-order valence-electron chi connectivity index (χ3n) is 2.89. The topological polar surface area (TPSA) is 52.6 Å². The van der Waals surface area contributed by atoms with E-state index in [0.29, 0.717) is 13.0 Å². The molecule has 1 atom stereocenters. The van der Waals surface area contributed by atoms with Gasteiger partial charge in [0.15, 0.2) is 0 Å². The van der Waals surface area contributed by atoms with Crippen molar-refractivity contribution in [2.24, 2.45) is 0 Å². The van der Waals surface area contributed by atoms with Crippen LogP contribution < -0.4 is 5.32 Å². The molecule has 0 bridgehead atoms. The first-order valence-electron chi connectivity index (χ1n) is 5.92. The van der Waals surface area contributed by atoms with E-state index < -0.39 is 0 Å². The maximum atomic E-state index is 12.0. The molecule has 0 aromatic heterocycles. The van der Waals surface area contributed by atoms with Gasteiger partial charge < -0.3 is 15.3 Å². The molecule has 0 radical (unpaired) electrons. The van der Waals surface area contributed by atoms with Gasteiger partial charge in [-0.25, -0.2) is 0 Å². The minimum Gasteiger partial charge on any atom is -0.396 e. The largest absolute Gasteiger partial charge is 0.396 e. The fraction of sp³-hybridized carbons (Fsp3) is 0.909. The predicted octanol–water partition coefficient (Wildman–Crippen LogP) is 0.359. The molecule has 88 valence electrons. The van der Waals surface area contributed by atoms with Gasteiger partial charge in [0.2, 0.25) is 5.91 Å². The summed E-state index contributed by atoms with van der Waals surface area (Å²) in [6, 6.07) is 0.0115. The van der Waals surface area contributed by atoms with Crippen LogP contribution in [-0.2, 0) is 4.79 Å². The van der Waals surface area contributed by atoms with E-state index in [1.54, 1.807) is 0 Å². The summed E-state index contributed by atoms with van der Waals surface area (Å²) >= 11 is 0. The Kier molecular flexibility index (Phi) is 5.65. The number of amides is 1. The maximum Gasteiger partial charge on any atom is 0.239 e. The van der Waals surface area contributed by atoms with Crippen molar-refractivity contribution in [3.63, 3.8) is 0 Å². The van der Waals surface area contributed by atoms with Gasteiger partial charge in [-0.3, -0.25) is 4.79 Å². The van der Waals surface area contributed by atoms with Gasteiger partial charge in [0.05, 0.1) is 6.04 Å². The molecule has 0 aromatic rings. The highest BCUT2D eigenvalue weighted by Crippen LogP contribution is 2.10. The summed E-state index contributed by atoms with van der Waals surface area (Å²) in [7, 11) is 0. The molecule has 0 aliphatic carbocycles. The number of aliphatic hydroxyl groups is 1. The van der Waals surface area contributed by atoms with Gasteiger partial charge >= 0.3 is 0 Å². The highest BCUT2D eigenvalue weighted by atomic mass is 16.3. The van der Waals surface area contributed by atoms with Crippen LogP contribution in [0.25, 0.3) is 0 Å². The van der Waals surface area contributed by atoms with Crippen molar-refractivity contribution in [2.45, 2.75) is 38.6 Å². The van der Waals surface area contributed by atoms with E-state index >= 15 is 0 Å². The van der Waals surface area contributed by atoms with Gasteiger partial charge in [-0.05, 0) is 32.7 Å². The highest BCUT2D eigenvalue weighted by Gasteiger charge is 2.24. The fourth-order valence-corrected chi connectivity index (χ4v) is 1.97. The first-order chi connectivity index (χ1) is 7.29. The second-order valence-corrected chi connectivity index (χ2v) is 4.00. The van der Waals surface area contributed by atoms with Crippen molar-refractivity contribution in [3.8, 4) is 0 Å². The molecule has 1 aliphatic rings. The molecule has 1 amide bonds. The van der Waals surface area contributed by atoms with Crippen molar-refractivity contribution in [1.29, 1.82) is 0 Å². The Morgan fingerprint density at radius 3 is 2.87 bits per heavy atom. The zero-order valence-corrected chi connectivity index (χ0v) is 9.54. The lowest BCUT2D eigenvalue weighted by Gasteiger charge is -2.29. The lowest BCUT2D eigenvalue weighted by molar-refractivity contribution is -0.134. The Bertz CT molecular complexity index is 191. The lowest BCUT2D eigenvalue weighted by atomic mass is 10.0. The third-order valence-corrected chi connectivity index (χ3v) is 2.89. The smallest absolute Gasteiger partial charge is 0.239 e. The molecular weight excluding hydrogens is 192 g/mol. The molecule has 0 aromatic carbocycles. The van der Waals surface area contributed by atoms with Gasteiger partial charge in [-0.2, -0.15) is 0 Å². The lowest BCUT2D eigenvalue weighted by Crippen LogP contribution is -2.48. The van der Waals surface area contributed by atoms with Crippen molar-refractivity contribution in [3.05, 3.63) is 0 Å². The van der Waals surface area contributed by atoms with Crippen molar-refractivity contribution in [1.82, 2.24) is 10.2 Å². The van der Waals surface area contributed by atoms with Gasteiger partial charge in [0.25, 0.3) is 0 Å². The van der Waals surface area contributed by atoms with E-state index in [1.807, 2.05) is 11.8 Å². The number of rotatable bonds is 5. The molecule has 15 heavy (non-hydrogen) atoms. The number of hydrogen-bond acceptors (Lipinski definition) is 3. The van der Waals surface area contributed by atoms with Crippen LogP contribution in [0.4, 0.5) is 0 Å². The van der Waals surface area contributed by atoms with E-state index in [1.165, 1.54) is 6.42 Å². The van der Waals surface area contributed by atoms with E-state index in [-0.39, 0.29) is 18.6 Å². The summed E-state index contributed by atoms with van der Waals surface area (Å²) in [5, 5.41) is 12.0. The number of nitrogens with zero attached hydrogens (tertiary/aromatic N) is 1. The van der Waals surface area contributed by atoms with Gasteiger partial charge in [0, 0.05) is 19.7 Å². The molecule has 0 saturated carbocycles. The van der Waals surface area contributed by atoms with Crippen LogP contribution in [0.5, 0.6) is 0 Å². The van der Waals surface area contributed by atoms with Gasteiger partial charge in [-0.1, -0.05) is 6.42 Å². The second-order valence-electron chi connectivity index (χ2n) is 4.00. The quantitative estimate of drug-likeness (QED) is 0.695. The minimum absolute atomic E-state index is 0.0115. The summed E-state index contributed by atoms with van der Waals surface area (Å²) in [6.45, 7) is 4.50. The fourth-order valence-electron chi connectivity index (χ4n) is 1.97. The van der Waals surface area contributed by atoms with Crippen LogP contribution in [0.3, 0.4) is 0 Å². The summed E-state index contributed by atoms with van der Waals surface area (Å²) in [4.78, 5) is 13.8. The number of carbonyl (C=O) groups excluding carboxylic acids is 1. The number of carbonyl (C=O) groups is 1. The van der Waals surface area contributed by atoms with Crippen LogP contribution in [0.2, 0.25) is 0 Å². The Labute approximate surface area is 91.6 Å².